The van der Waals surface area contributed by atoms with Crippen molar-refractivity contribution in [3.63, 3.8) is 0 Å². The maximum absolute atomic E-state index is 13.0. The fraction of sp³-hybridized carbons (Fsp3) is 0.429. The molecule has 1 unspecified atom stereocenters. The van der Waals surface area contributed by atoms with Crippen LogP contribution in [0.2, 0.25) is 0 Å². The monoisotopic (exact) mass is 397 g/mol. The predicted molar refractivity (Wildman–Crippen MR) is 109 cm³/mol. The molecule has 0 bridgehead atoms. The summed E-state index contributed by atoms with van der Waals surface area (Å²) >= 11 is 0. The van der Waals surface area contributed by atoms with E-state index in [9.17, 15) is 14.7 Å². The van der Waals surface area contributed by atoms with Crippen LogP contribution in [0.25, 0.3) is 5.76 Å². The van der Waals surface area contributed by atoms with E-state index in [2.05, 4.69) is 10.1 Å². The molecule has 8 heteroatoms. The summed E-state index contributed by atoms with van der Waals surface area (Å²) in [5, 5.41) is 15.5. The molecule has 3 rings (SSSR count). The van der Waals surface area contributed by atoms with Crippen molar-refractivity contribution in [3.8, 4) is 0 Å². The number of aliphatic hydroxyl groups excluding tert-OH is 1. The Morgan fingerprint density at radius 3 is 2.55 bits per heavy atom. The van der Waals surface area contributed by atoms with Crippen molar-refractivity contribution in [1.82, 2.24) is 24.6 Å². The highest BCUT2D eigenvalue weighted by Gasteiger charge is 2.46. The quantitative estimate of drug-likeness (QED) is 0.454. The summed E-state index contributed by atoms with van der Waals surface area (Å²) in [4.78, 5) is 33.5. The van der Waals surface area contributed by atoms with E-state index in [4.69, 9.17) is 0 Å². The number of amides is 1. The van der Waals surface area contributed by atoms with Crippen LogP contribution in [0.4, 0.5) is 0 Å². The molecular formula is C21H27N5O3. The lowest BCUT2D eigenvalue weighted by atomic mass is 9.95. The second-order valence-electron chi connectivity index (χ2n) is 7.61. The van der Waals surface area contributed by atoms with Gasteiger partial charge < -0.3 is 14.9 Å². The van der Waals surface area contributed by atoms with Crippen LogP contribution in [-0.4, -0.2) is 68.5 Å². The van der Waals surface area contributed by atoms with Gasteiger partial charge in [-0.05, 0) is 52.5 Å². The topological polar surface area (TPSA) is 91.6 Å². The molecule has 154 valence electrons. The predicted octanol–water partition coefficient (Wildman–Crippen LogP) is 1.81. The molecule has 29 heavy (non-hydrogen) atoms. The second-order valence-corrected chi connectivity index (χ2v) is 7.61. The Hall–Kier alpha value is -3.00. The normalized spacial score (nSPS) is 18.8. The van der Waals surface area contributed by atoms with Gasteiger partial charge in [0.15, 0.2) is 0 Å². The lowest BCUT2D eigenvalue weighted by molar-refractivity contribution is -0.139. The highest BCUT2D eigenvalue weighted by atomic mass is 16.3. The van der Waals surface area contributed by atoms with Gasteiger partial charge in [-0.2, -0.15) is 5.10 Å². The van der Waals surface area contributed by atoms with E-state index in [1.54, 1.807) is 37.1 Å². The summed E-state index contributed by atoms with van der Waals surface area (Å²) in [7, 11) is 5.69. The molecular weight excluding hydrogens is 370 g/mol. The van der Waals surface area contributed by atoms with Crippen LogP contribution in [0.15, 0.2) is 30.1 Å². The Morgan fingerprint density at radius 1 is 1.28 bits per heavy atom. The maximum atomic E-state index is 13.0. The van der Waals surface area contributed by atoms with Gasteiger partial charge in [0.25, 0.3) is 11.7 Å². The Balaban J connectivity index is 2.13. The number of nitrogens with zero attached hydrogens (tertiary/aromatic N) is 5. The molecule has 1 saturated heterocycles. The fourth-order valence-electron chi connectivity index (χ4n) is 3.80. The molecule has 1 aliphatic heterocycles. The van der Waals surface area contributed by atoms with Crippen molar-refractivity contribution >= 4 is 17.4 Å². The van der Waals surface area contributed by atoms with Crippen LogP contribution >= 0.6 is 0 Å². The fourth-order valence-corrected chi connectivity index (χ4v) is 3.80. The van der Waals surface area contributed by atoms with Crippen LogP contribution in [0.3, 0.4) is 0 Å². The minimum absolute atomic E-state index is 0.0899. The Labute approximate surface area is 170 Å². The molecule has 1 fully saturated rings. The van der Waals surface area contributed by atoms with Crippen LogP contribution in [0.5, 0.6) is 0 Å². The number of carbonyl (C=O) groups is 2. The number of carbonyl (C=O) groups excluding carboxylic acids is 2. The molecule has 8 nitrogen and oxygen atoms in total. The van der Waals surface area contributed by atoms with Crippen molar-refractivity contribution in [2.45, 2.75) is 26.3 Å². The molecule has 1 N–H and O–H groups in total. The molecule has 3 heterocycles. The zero-order chi connectivity index (χ0) is 21.3. The van der Waals surface area contributed by atoms with Crippen LogP contribution in [-0.2, 0) is 16.6 Å². The van der Waals surface area contributed by atoms with E-state index >= 15 is 0 Å². The minimum Gasteiger partial charge on any atom is -0.507 e. The van der Waals surface area contributed by atoms with E-state index in [1.165, 1.54) is 4.90 Å². The van der Waals surface area contributed by atoms with Gasteiger partial charge in [0, 0.05) is 31.7 Å². The molecule has 1 amide bonds. The first kappa shape index (κ1) is 20.7. The average Bonchev–Trinajstić information content (AvgIpc) is 3.08. The summed E-state index contributed by atoms with van der Waals surface area (Å²) < 4.78 is 1.65. The Kier molecular flexibility index (Phi) is 5.83. The summed E-state index contributed by atoms with van der Waals surface area (Å²) in [5.41, 5.74) is 2.60. The van der Waals surface area contributed by atoms with Gasteiger partial charge in [-0.3, -0.25) is 19.3 Å². The summed E-state index contributed by atoms with van der Waals surface area (Å²) in [5.74, 6) is -1.46. The van der Waals surface area contributed by atoms with Crippen molar-refractivity contribution in [1.29, 1.82) is 0 Å². The number of aromatic nitrogens is 3. The van der Waals surface area contributed by atoms with Crippen molar-refractivity contribution in [3.05, 3.63) is 52.6 Å². The highest BCUT2D eigenvalue weighted by Crippen LogP contribution is 2.40. The number of aliphatic hydroxyl groups is 1. The smallest absolute Gasteiger partial charge is 0.295 e. The van der Waals surface area contributed by atoms with Gasteiger partial charge in [-0.15, -0.1) is 0 Å². The largest absolute Gasteiger partial charge is 0.507 e. The van der Waals surface area contributed by atoms with Crippen LogP contribution < -0.4 is 0 Å². The first-order valence-corrected chi connectivity index (χ1v) is 9.57. The molecule has 2 aromatic rings. The van der Waals surface area contributed by atoms with Crippen LogP contribution in [0, 0.1) is 13.8 Å². The van der Waals surface area contributed by atoms with E-state index in [1.807, 2.05) is 32.0 Å². The Morgan fingerprint density at radius 2 is 2.00 bits per heavy atom. The van der Waals surface area contributed by atoms with E-state index in [0.29, 0.717) is 29.8 Å². The summed E-state index contributed by atoms with van der Waals surface area (Å²) in [6, 6.07) is 2.90. The third kappa shape index (κ3) is 3.80. The first-order chi connectivity index (χ1) is 13.7. The first-order valence-electron chi connectivity index (χ1n) is 9.57. The molecule has 0 aliphatic carbocycles. The molecule has 1 aliphatic rings. The van der Waals surface area contributed by atoms with Gasteiger partial charge in [-0.1, -0.05) is 6.07 Å². The van der Waals surface area contributed by atoms with Crippen molar-refractivity contribution < 1.29 is 14.7 Å². The molecule has 0 saturated carbocycles. The minimum atomic E-state index is -0.677. The molecule has 1 atom stereocenters. The SMILES string of the molecule is Cc1nn(C)c(C)c1/C(O)=C1\C(=O)C(=O)N(CCCN(C)C)C1c1cccnc1. The summed E-state index contributed by atoms with van der Waals surface area (Å²) in [6.07, 6.45) is 3.98. The number of hydrogen-bond donors (Lipinski definition) is 1. The number of likely N-dealkylation sites (tertiary alicyclic amines) is 1. The lowest BCUT2D eigenvalue weighted by Gasteiger charge is -2.25. The van der Waals surface area contributed by atoms with Crippen LogP contribution in [0.1, 0.15) is 35.0 Å². The number of hydrogen-bond acceptors (Lipinski definition) is 6. The van der Waals surface area contributed by atoms with Gasteiger partial charge in [-0.25, -0.2) is 0 Å². The third-order valence-corrected chi connectivity index (χ3v) is 5.29. The number of ketones is 1. The summed E-state index contributed by atoms with van der Waals surface area (Å²) in [6.45, 7) is 4.78. The lowest BCUT2D eigenvalue weighted by Crippen LogP contribution is -2.32. The van der Waals surface area contributed by atoms with Gasteiger partial charge in [0.05, 0.1) is 22.9 Å². The zero-order valence-electron chi connectivity index (χ0n) is 17.5. The highest BCUT2D eigenvalue weighted by molar-refractivity contribution is 6.46. The molecule has 0 radical (unpaired) electrons. The number of Topliss-reactive ketones (excluding diaryl/α,β-unsaturated/α-hetero) is 1. The molecule has 0 aromatic carbocycles. The van der Waals surface area contributed by atoms with Crippen molar-refractivity contribution in [2.24, 2.45) is 7.05 Å². The standard InChI is InChI=1S/C21H27N5O3/c1-13-16(14(2)25(5)23-13)19(27)17-18(15-8-6-9-22-12-15)26(21(29)20(17)28)11-7-10-24(3)4/h6,8-9,12,18,27H,7,10-11H2,1-5H3/b19-17+. The number of rotatable bonds is 6. The number of pyridine rings is 1. The van der Waals surface area contributed by atoms with Gasteiger partial charge in [0.2, 0.25) is 0 Å². The second kappa shape index (κ2) is 8.16. The number of aryl methyl sites for hydroxylation is 2. The van der Waals surface area contributed by atoms with Gasteiger partial charge in [0.1, 0.15) is 5.76 Å². The third-order valence-electron chi connectivity index (χ3n) is 5.29. The van der Waals surface area contributed by atoms with E-state index in [-0.39, 0.29) is 11.3 Å². The van der Waals surface area contributed by atoms with E-state index in [0.717, 1.165) is 12.2 Å². The zero-order valence-corrected chi connectivity index (χ0v) is 17.5. The maximum Gasteiger partial charge on any atom is 0.295 e. The molecule has 0 spiro atoms. The van der Waals surface area contributed by atoms with Crippen molar-refractivity contribution in [2.75, 3.05) is 27.2 Å². The molecule has 2 aromatic heterocycles. The average molecular weight is 397 g/mol. The Bertz CT molecular complexity index is 962. The van der Waals surface area contributed by atoms with E-state index < -0.39 is 17.7 Å². The van der Waals surface area contributed by atoms with Gasteiger partial charge >= 0.3 is 0 Å².